The Kier molecular flexibility index (Phi) is 8.05. The van der Waals surface area contributed by atoms with Crippen LogP contribution in [-0.4, -0.2) is 50.8 Å². The summed E-state index contributed by atoms with van der Waals surface area (Å²) in [5, 5.41) is 3.82. The Morgan fingerprint density at radius 3 is 2.52 bits per heavy atom. The Balaban J connectivity index is 1.78. The van der Waals surface area contributed by atoms with Crippen molar-refractivity contribution in [3.8, 4) is 0 Å². The second-order valence-electron chi connectivity index (χ2n) is 7.24. The van der Waals surface area contributed by atoms with Gasteiger partial charge >= 0.3 is 0 Å². The first-order chi connectivity index (χ1) is 10.3. The number of nitrogens with one attached hydrogen (secondary N) is 1. The van der Waals surface area contributed by atoms with Crippen molar-refractivity contribution in [2.45, 2.75) is 64.3 Å². The summed E-state index contributed by atoms with van der Waals surface area (Å²) < 4.78 is 5.48. The average molecular weight is 296 g/mol. The van der Waals surface area contributed by atoms with E-state index in [0.29, 0.717) is 0 Å². The smallest absolute Gasteiger partial charge is 0.0469 e. The van der Waals surface area contributed by atoms with Crippen molar-refractivity contribution in [3.63, 3.8) is 0 Å². The molecular weight excluding hydrogens is 260 g/mol. The van der Waals surface area contributed by atoms with E-state index >= 15 is 0 Å². The highest BCUT2D eigenvalue weighted by Gasteiger charge is 2.25. The summed E-state index contributed by atoms with van der Waals surface area (Å²) >= 11 is 0. The summed E-state index contributed by atoms with van der Waals surface area (Å²) in [6.45, 7) is 7.95. The van der Waals surface area contributed by atoms with Crippen LogP contribution in [0.5, 0.6) is 0 Å². The average Bonchev–Trinajstić information content (AvgIpc) is 2.71. The molecule has 0 spiro atoms. The second-order valence-corrected chi connectivity index (χ2v) is 7.24. The molecular formula is C18H36N2O. The first-order valence-electron chi connectivity index (χ1n) is 9.29. The van der Waals surface area contributed by atoms with E-state index in [1.165, 1.54) is 71.0 Å². The van der Waals surface area contributed by atoms with Crippen LogP contribution in [-0.2, 0) is 4.74 Å². The van der Waals surface area contributed by atoms with Gasteiger partial charge in [-0.3, -0.25) is 0 Å². The molecule has 0 amide bonds. The summed E-state index contributed by atoms with van der Waals surface area (Å²) in [5.74, 6) is 1.71. The maximum Gasteiger partial charge on any atom is 0.0469 e. The van der Waals surface area contributed by atoms with Gasteiger partial charge in [0.1, 0.15) is 0 Å². The minimum Gasteiger partial charge on any atom is -0.381 e. The highest BCUT2D eigenvalue weighted by Crippen LogP contribution is 2.25. The van der Waals surface area contributed by atoms with E-state index in [9.17, 15) is 0 Å². The molecule has 0 aromatic carbocycles. The standard InChI is InChI=1S/C18H36N2O/c1-3-11-19-18-8-6-4-5-7-17(18)15-20(2)14-16-9-12-21-13-10-16/h16-19H,3-15H2,1-2H3. The molecule has 3 nitrogen and oxygen atoms in total. The Labute approximate surface area is 131 Å². The van der Waals surface area contributed by atoms with Crippen molar-refractivity contribution in [1.82, 2.24) is 10.2 Å². The van der Waals surface area contributed by atoms with E-state index in [0.717, 1.165) is 31.1 Å². The minimum absolute atomic E-state index is 0.754. The van der Waals surface area contributed by atoms with Crippen molar-refractivity contribution >= 4 is 0 Å². The zero-order valence-electron chi connectivity index (χ0n) is 14.3. The van der Waals surface area contributed by atoms with Crippen LogP contribution in [0.3, 0.4) is 0 Å². The van der Waals surface area contributed by atoms with Crippen LogP contribution >= 0.6 is 0 Å². The normalized spacial score (nSPS) is 28.7. The first kappa shape index (κ1) is 17.2. The van der Waals surface area contributed by atoms with Gasteiger partial charge in [0, 0.05) is 32.3 Å². The van der Waals surface area contributed by atoms with Gasteiger partial charge in [-0.2, -0.15) is 0 Å². The molecule has 2 aliphatic rings. The van der Waals surface area contributed by atoms with E-state index in [1.54, 1.807) is 0 Å². The highest BCUT2D eigenvalue weighted by molar-refractivity contribution is 4.82. The molecule has 0 radical (unpaired) electrons. The lowest BCUT2D eigenvalue weighted by Crippen LogP contribution is -2.42. The van der Waals surface area contributed by atoms with Crippen LogP contribution in [0.25, 0.3) is 0 Å². The van der Waals surface area contributed by atoms with Gasteiger partial charge in [-0.25, -0.2) is 0 Å². The van der Waals surface area contributed by atoms with E-state index in [4.69, 9.17) is 4.74 Å². The predicted molar refractivity (Wildman–Crippen MR) is 89.7 cm³/mol. The van der Waals surface area contributed by atoms with Crippen LogP contribution in [0.1, 0.15) is 58.3 Å². The van der Waals surface area contributed by atoms with Crippen molar-refractivity contribution in [1.29, 1.82) is 0 Å². The third-order valence-electron chi connectivity index (χ3n) is 5.27. The molecule has 21 heavy (non-hydrogen) atoms. The van der Waals surface area contributed by atoms with E-state index < -0.39 is 0 Å². The molecule has 1 saturated heterocycles. The SMILES string of the molecule is CCCNC1CCCCCC1CN(C)CC1CCOCC1. The molecule has 2 rings (SSSR count). The second kappa shape index (κ2) is 9.81. The Bertz CT molecular complexity index is 266. The van der Waals surface area contributed by atoms with Crippen LogP contribution in [0.4, 0.5) is 0 Å². The quantitative estimate of drug-likeness (QED) is 0.730. The Morgan fingerprint density at radius 1 is 1.00 bits per heavy atom. The lowest BCUT2D eigenvalue weighted by molar-refractivity contribution is 0.0529. The number of nitrogens with zero attached hydrogens (tertiary/aromatic N) is 1. The highest BCUT2D eigenvalue weighted by atomic mass is 16.5. The minimum atomic E-state index is 0.754. The van der Waals surface area contributed by atoms with Gasteiger partial charge in [0.2, 0.25) is 0 Å². The largest absolute Gasteiger partial charge is 0.381 e. The molecule has 0 aromatic rings. The molecule has 0 aromatic heterocycles. The maximum absolute atomic E-state index is 5.48. The third kappa shape index (κ3) is 6.25. The van der Waals surface area contributed by atoms with Gasteiger partial charge in [-0.15, -0.1) is 0 Å². The predicted octanol–water partition coefficient (Wildman–Crippen LogP) is 3.29. The zero-order valence-corrected chi connectivity index (χ0v) is 14.3. The summed E-state index contributed by atoms with van der Waals surface area (Å²) in [6.07, 6.45) is 10.8. The molecule has 3 heteroatoms. The van der Waals surface area contributed by atoms with E-state index in [1.807, 2.05) is 0 Å². The van der Waals surface area contributed by atoms with Crippen LogP contribution in [0.15, 0.2) is 0 Å². The van der Waals surface area contributed by atoms with Crippen molar-refractivity contribution in [2.75, 3.05) is 39.9 Å². The molecule has 1 saturated carbocycles. The molecule has 1 heterocycles. The number of hydrogen-bond donors (Lipinski definition) is 1. The first-order valence-corrected chi connectivity index (χ1v) is 9.29. The Hall–Kier alpha value is -0.120. The van der Waals surface area contributed by atoms with Crippen molar-refractivity contribution < 1.29 is 4.74 Å². The lowest BCUT2D eigenvalue weighted by atomic mass is 9.93. The van der Waals surface area contributed by atoms with Crippen molar-refractivity contribution in [2.24, 2.45) is 11.8 Å². The molecule has 1 aliphatic heterocycles. The molecule has 0 bridgehead atoms. The summed E-state index contributed by atoms with van der Waals surface area (Å²) in [5.41, 5.74) is 0. The fourth-order valence-corrected chi connectivity index (χ4v) is 4.05. The molecule has 2 fully saturated rings. The van der Waals surface area contributed by atoms with Gasteiger partial charge in [-0.1, -0.05) is 26.2 Å². The summed E-state index contributed by atoms with van der Waals surface area (Å²) in [7, 11) is 2.33. The maximum atomic E-state index is 5.48. The summed E-state index contributed by atoms with van der Waals surface area (Å²) in [4.78, 5) is 2.60. The van der Waals surface area contributed by atoms with Gasteiger partial charge < -0.3 is 15.0 Å². The lowest BCUT2D eigenvalue weighted by Gasteiger charge is -2.33. The molecule has 1 N–H and O–H groups in total. The molecule has 2 unspecified atom stereocenters. The Morgan fingerprint density at radius 2 is 1.76 bits per heavy atom. The third-order valence-corrected chi connectivity index (χ3v) is 5.27. The van der Waals surface area contributed by atoms with Crippen LogP contribution in [0, 0.1) is 11.8 Å². The molecule has 124 valence electrons. The monoisotopic (exact) mass is 296 g/mol. The molecule has 2 atom stereocenters. The fraction of sp³-hybridized carbons (Fsp3) is 1.00. The van der Waals surface area contributed by atoms with Gasteiger partial charge in [-0.05, 0) is 57.5 Å². The van der Waals surface area contributed by atoms with E-state index in [-0.39, 0.29) is 0 Å². The molecule has 1 aliphatic carbocycles. The van der Waals surface area contributed by atoms with Gasteiger partial charge in [0.15, 0.2) is 0 Å². The fourth-order valence-electron chi connectivity index (χ4n) is 4.05. The van der Waals surface area contributed by atoms with Gasteiger partial charge in [0.05, 0.1) is 0 Å². The topological polar surface area (TPSA) is 24.5 Å². The summed E-state index contributed by atoms with van der Waals surface area (Å²) in [6, 6.07) is 0.754. The van der Waals surface area contributed by atoms with Crippen molar-refractivity contribution in [3.05, 3.63) is 0 Å². The number of ether oxygens (including phenoxy) is 1. The number of hydrogen-bond acceptors (Lipinski definition) is 3. The van der Waals surface area contributed by atoms with Crippen LogP contribution in [0.2, 0.25) is 0 Å². The zero-order chi connectivity index (χ0) is 14.9. The van der Waals surface area contributed by atoms with Crippen LogP contribution < -0.4 is 5.32 Å². The van der Waals surface area contributed by atoms with Gasteiger partial charge in [0.25, 0.3) is 0 Å². The number of rotatable bonds is 7. The van der Waals surface area contributed by atoms with E-state index in [2.05, 4.69) is 24.2 Å².